The standard InChI is InChI=1S/C11H12BrN3O3S/c12-8-1-2-10-13-5-11(15(10)6-8)19(16,17)14-9-3-4-18-7-9/h1-2,5-6,9,14H,3-4,7H2. The summed E-state index contributed by atoms with van der Waals surface area (Å²) in [5.41, 5.74) is 0.589. The van der Waals surface area contributed by atoms with Gasteiger partial charge in [0.15, 0.2) is 5.03 Å². The number of ether oxygens (including phenoxy) is 1. The highest BCUT2D eigenvalue weighted by Crippen LogP contribution is 2.18. The second-order valence-electron chi connectivity index (χ2n) is 4.35. The maximum Gasteiger partial charge on any atom is 0.258 e. The molecule has 1 aliphatic heterocycles. The molecule has 1 unspecified atom stereocenters. The van der Waals surface area contributed by atoms with Crippen molar-refractivity contribution in [1.29, 1.82) is 0 Å². The zero-order valence-corrected chi connectivity index (χ0v) is 12.3. The Labute approximate surface area is 119 Å². The number of hydrogen-bond donors (Lipinski definition) is 1. The van der Waals surface area contributed by atoms with Crippen molar-refractivity contribution in [1.82, 2.24) is 14.1 Å². The third kappa shape index (κ3) is 2.53. The predicted molar refractivity (Wildman–Crippen MR) is 72.4 cm³/mol. The molecule has 19 heavy (non-hydrogen) atoms. The number of nitrogens with zero attached hydrogens (tertiary/aromatic N) is 2. The molecule has 102 valence electrons. The van der Waals surface area contributed by atoms with Crippen LogP contribution in [0.2, 0.25) is 0 Å². The van der Waals surface area contributed by atoms with E-state index in [1.54, 1.807) is 16.7 Å². The molecule has 0 bridgehead atoms. The van der Waals surface area contributed by atoms with Crippen LogP contribution in [0.1, 0.15) is 6.42 Å². The first-order valence-electron chi connectivity index (χ1n) is 5.79. The van der Waals surface area contributed by atoms with Crippen LogP contribution in [0, 0.1) is 0 Å². The number of imidazole rings is 1. The van der Waals surface area contributed by atoms with Crippen LogP contribution in [-0.4, -0.2) is 37.1 Å². The van der Waals surface area contributed by atoms with E-state index in [2.05, 4.69) is 25.6 Å². The molecule has 0 amide bonds. The summed E-state index contributed by atoms with van der Waals surface area (Å²) in [4.78, 5) is 4.09. The lowest BCUT2D eigenvalue weighted by Crippen LogP contribution is -2.35. The Kier molecular flexibility index (Phi) is 3.34. The summed E-state index contributed by atoms with van der Waals surface area (Å²) in [6, 6.07) is 3.40. The van der Waals surface area contributed by atoms with Gasteiger partial charge in [-0.2, -0.15) is 0 Å². The van der Waals surface area contributed by atoms with Crippen molar-refractivity contribution in [3.05, 3.63) is 29.0 Å². The van der Waals surface area contributed by atoms with E-state index in [4.69, 9.17) is 4.74 Å². The van der Waals surface area contributed by atoms with Gasteiger partial charge in [-0.15, -0.1) is 0 Å². The summed E-state index contributed by atoms with van der Waals surface area (Å²) in [7, 11) is -3.59. The molecule has 3 rings (SSSR count). The summed E-state index contributed by atoms with van der Waals surface area (Å²) in [6.07, 6.45) is 3.74. The van der Waals surface area contributed by atoms with Crippen LogP contribution in [0.3, 0.4) is 0 Å². The van der Waals surface area contributed by atoms with Crippen molar-refractivity contribution in [2.45, 2.75) is 17.5 Å². The van der Waals surface area contributed by atoms with Crippen LogP contribution in [0.25, 0.3) is 5.65 Å². The number of halogens is 1. The molecule has 2 aromatic rings. The summed E-state index contributed by atoms with van der Waals surface area (Å²) >= 11 is 3.32. The quantitative estimate of drug-likeness (QED) is 0.905. The number of hydrogen-bond acceptors (Lipinski definition) is 4. The summed E-state index contributed by atoms with van der Waals surface area (Å²) in [6.45, 7) is 1.01. The zero-order chi connectivity index (χ0) is 13.5. The van der Waals surface area contributed by atoms with Crippen LogP contribution >= 0.6 is 15.9 Å². The van der Waals surface area contributed by atoms with Crippen molar-refractivity contribution in [2.24, 2.45) is 0 Å². The lowest BCUT2D eigenvalue weighted by Gasteiger charge is -2.10. The first-order valence-corrected chi connectivity index (χ1v) is 8.06. The fraction of sp³-hybridized carbons (Fsp3) is 0.364. The molecule has 1 aliphatic rings. The van der Waals surface area contributed by atoms with Crippen LogP contribution in [0.15, 0.2) is 34.0 Å². The van der Waals surface area contributed by atoms with Crippen molar-refractivity contribution >= 4 is 31.6 Å². The van der Waals surface area contributed by atoms with Crippen LogP contribution in [-0.2, 0) is 14.8 Å². The van der Waals surface area contributed by atoms with Gasteiger partial charge in [-0.1, -0.05) is 0 Å². The molecule has 6 nitrogen and oxygen atoms in total. The number of pyridine rings is 1. The molecule has 8 heteroatoms. The molecule has 0 spiro atoms. The van der Waals surface area contributed by atoms with E-state index < -0.39 is 10.0 Å². The molecule has 0 saturated carbocycles. The van der Waals surface area contributed by atoms with E-state index in [9.17, 15) is 8.42 Å². The first-order chi connectivity index (χ1) is 9.06. The van der Waals surface area contributed by atoms with E-state index in [0.717, 1.165) is 4.47 Å². The predicted octanol–water partition coefficient (Wildman–Crippen LogP) is 1.16. The average molecular weight is 346 g/mol. The second kappa shape index (κ2) is 4.86. The maximum atomic E-state index is 12.3. The monoisotopic (exact) mass is 345 g/mol. The minimum absolute atomic E-state index is 0.135. The van der Waals surface area contributed by atoms with Gasteiger partial charge in [0.2, 0.25) is 0 Å². The Morgan fingerprint density at radius 3 is 3.05 bits per heavy atom. The molecule has 0 aromatic carbocycles. The van der Waals surface area contributed by atoms with E-state index in [-0.39, 0.29) is 11.1 Å². The van der Waals surface area contributed by atoms with Crippen LogP contribution in [0.5, 0.6) is 0 Å². The van der Waals surface area contributed by atoms with Gasteiger partial charge in [-0.05, 0) is 34.5 Å². The molecular formula is C11H12BrN3O3S. The Bertz CT molecular complexity index is 707. The fourth-order valence-electron chi connectivity index (χ4n) is 2.04. The lowest BCUT2D eigenvalue weighted by atomic mass is 10.3. The SMILES string of the molecule is O=S(=O)(NC1CCOC1)c1cnc2ccc(Br)cn12. The van der Waals surface area contributed by atoms with Gasteiger partial charge in [0.05, 0.1) is 12.8 Å². The lowest BCUT2D eigenvalue weighted by molar-refractivity contribution is 0.192. The summed E-state index contributed by atoms with van der Waals surface area (Å²) < 4.78 is 34.8. The third-order valence-electron chi connectivity index (χ3n) is 2.96. The van der Waals surface area contributed by atoms with Gasteiger partial charge in [0, 0.05) is 23.3 Å². The minimum atomic E-state index is -3.59. The van der Waals surface area contributed by atoms with E-state index >= 15 is 0 Å². The van der Waals surface area contributed by atoms with Gasteiger partial charge < -0.3 is 4.74 Å². The smallest absolute Gasteiger partial charge is 0.258 e. The van der Waals surface area contributed by atoms with E-state index in [1.807, 2.05) is 6.07 Å². The van der Waals surface area contributed by atoms with Gasteiger partial charge in [0.1, 0.15) is 5.65 Å². The molecule has 1 atom stereocenters. The van der Waals surface area contributed by atoms with Gasteiger partial charge in [-0.3, -0.25) is 4.40 Å². The molecule has 1 N–H and O–H groups in total. The summed E-state index contributed by atoms with van der Waals surface area (Å²) in [5.74, 6) is 0. The van der Waals surface area contributed by atoms with Crippen molar-refractivity contribution < 1.29 is 13.2 Å². The maximum absolute atomic E-state index is 12.3. The Balaban J connectivity index is 2.00. The molecular weight excluding hydrogens is 334 g/mol. The molecule has 1 saturated heterocycles. The number of fused-ring (bicyclic) bond motifs is 1. The molecule has 2 aromatic heterocycles. The second-order valence-corrected chi connectivity index (χ2v) is 6.93. The fourth-order valence-corrected chi connectivity index (χ4v) is 3.72. The minimum Gasteiger partial charge on any atom is -0.380 e. The van der Waals surface area contributed by atoms with Crippen molar-refractivity contribution in [2.75, 3.05) is 13.2 Å². The number of nitrogens with one attached hydrogen (secondary N) is 1. The Morgan fingerprint density at radius 2 is 2.32 bits per heavy atom. The highest BCUT2D eigenvalue weighted by Gasteiger charge is 2.26. The summed E-state index contributed by atoms with van der Waals surface area (Å²) in [5, 5.41) is 0.135. The Hall–Kier alpha value is -0.960. The highest BCUT2D eigenvalue weighted by molar-refractivity contribution is 9.10. The van der Waals surface area contributed by atoms with Gasteiger partial charge >= 0.3 is 0 Å². The zero-order valence-electron chi connectivity index (χ0n) is 9.91. The largest absolute Gasteiger partial charge is 0.380 e. The molecule has 0 aliphatic carbocycles. The van der Waals surface area contributed by atoms with E-state index in [1.165, 1.54) is 6.20 Å². The van der Waals surface area contributed by atoms with Crippen molar-refractivity contribution in [3.63, 3.8) is 0 Å². The van der Waals surface area contributed by atoms with Crippen molar-refractivity contribution in [3.8, 4) is 0 Å². The molecule has 3 heterocycles. The topological polar surface area (TPSA) is 72.7 Å². The third-order valence-corrected chi connectivity index (χ3v) is 4.93. The number of aromatic nitrogens is 2. The van der Waals surface area contributed by atoms with E-state index in [0.29, 0.717) is 25.3 Å². The highest BCUT2D eigenvalue weighted by atomic mass is 79.9. The number of sulfonamides is 1. The average Bonchev–Trinajstić information content (AvgIpc) is 2.96. The number of rotatable bonds is 3. The molecule has 0 radical (unpaired) electrons. The van der Waals surface area contributed by atoms with Crippen LogP contribution in [0.4, 0.5) is 0 Å². The van der Waals surface area contributed by atoms with Gasteiger partial charge in [0.25, 0.3) is 10.0 Å². The van der Waals surface area contributed by atoms with Crippen LogP contribution < -0.4 is 4.72 Å². The van der Waals surface area contributed by atoms with Gasteiger partial charge in [-0.25, -0.2) is 18.1 Å². The molecule has 1 fully saturated rings. The first kappa shape index (κ1) is 13.0. The Morgan fingerprint density at radius 1 is 1.47 bits per heavy atom. The normalized spacial score (nSPS) is 20.2.